The van der Waals surface area contributed by atoms with Crippen LogP contribution in [0.5, 0.6) is 5.75 Å². The van der Waals surface area contributed by atoms with Gasteiger partial charge in [0, 0.05) is 10.8 Å². The Morgan fingerprint density at radius 3 is 2.74 bits per heavy atom. The molecule has 0 N–H and O–H groups in total. The molecule has 0 unspecified atom stereocenters. The van der Waals surface area contributed by atoms with Crippen molar-refractivity contribution >= 4 is 23.4 Å². The molecule has 0 aliphatic heterocycles. The third kappa shape index (κ3) is 4.74. The number of halogens is 1. The number of ether oxygens (including phenoxy) is 1. The molecule has 0 saturated carbocycles. The zero-order chi connectivity index (χ0) is 16.1. The summed E-state index contributed by atoms with van der Waals surface area (Å²) in [6, 6.07) is 15.5. The first-order valence-electron chi connectivity index (χ1n) is 7.08. The summed E-state index contributed by atoms with van der Waals surface area (Å²) in [6.45, 7) is 2.29. The number of thioether (sulfide) groups is 1. The van der Waals surface area contributed by atoms with Gasteiger partial charge in [0.25, 0.3) is 11.1 Å². The first-order valence-corrected chi connectivity index (χ1v) is 8.44. The van der Waals surface area contributed by atoms with Crippen LogP contribution < -0.4 is 4.74 Å². The molecule has 0 amide bonds. The van der Waals surface area contributed by atoms with Crippen molar-refractivity contribution in [2.45, 2.75) is 24.5 Å². The van der Waals surface area contributed by atoms with E-state index in [-0.39, 0.29) is 6.61 Å². The van der Waals surface area contributed by atoms with Crippen molar-refractivity contribution in [3.63, 3.8) is 0 Å². The molecule has 0 spiro atoms. The maximum absolute atomic E-state index is 5.96. The van der Waals surface area contributed by atoms with Crippen molar-refractivity contribution in [1.82, 2.24) is 10.2 Å². The smallest absolute Gasteiger partial charge is 0.277 e. The van der Waals surface area contributed by atoms with Gasteiger partial charge in [-0.2, -0.15) is 0 Å². The Bertz CT molecular complexity index is 774. The highest BCUT2D eigenvalue weighted by atomic mass is 35.5. The van der Waals surface area contributed by atoms with Crippen LogP contribution in [0.1, 0.15) is 17.0 Å². The van der Waals surface area contributed by atoms with E-state index >= 15 is 0 Å². The standard InChI is InChI=1S/C17H15ClN2O2S/c1-12-5-7-15(8-6-12)21-10-16-19-20-17(22-16)23-11-13-3-2-4-14(18)9-13/h2-9H,10-11H2,1H3. The second kappa shape index (κ2) is 7.53. The molecule has 4 nitrogen and oxygen atoms in total. The summed E-state index contributed by atoms with van der Waals surface area (Å²) in [5.74, 6) is 1.96. The molecule has 0 fully saturated rings. The predicted molar refractivity (Wildman–Crippen MR) is 90.8 cm³/mol. The Kier molecular flexibility index (Phi) is 5.20. The van der Waals surface area contributed by atoms with Crippen LogP contribution in [0.15, 0.2) is 58.2 Å². The molecule has 0 aliphatic rings. The number of hydrogen-bond acceptors (Lipinski definition) is 5. The molecular formula is C17H15ClN2O2S. The van der Waals surface area contributed by atoms with Gasteiger partial charge in [-0.05, 0) is 36.8 Å². The molecule has 6 heteroatoms. The van der Waals surface area contributed by atoms with Crippen LogP contribution in [-0.4, -0.2) is 10.2 Å². The molecule has 2 aromatic carbocycles. The van der Waals surface area contributed by atoms with Crippen molar-refractivity contribution in [2.75, 3.05) is 0 Å². The van der Waals surface area contributed by atoms with Crippen molar-refractivity contribution in [2.24, 2.45) is 0 Å². The van der Waals surface area contributed by atoms with E-state index in [1.165, 1.54) is 17.3 Å². The number of aryl methyl sites for hydroxylation is 1. The summed E-state index contributed by atoms with van der Waals surface area (Å²) in [6.07, 6.45) is 0. The minimum Gasteiger partial charge on any atom is -0.484 e. The molecule has 1 heterocycles. The van der Waals surface area contributed by atoms with Gasteiger partial charge in [-0.1, -0.05) is 53.2 Å². The molecule has 3 aromatic rings. The molecule has 23 heavy (non-hydrogen) atoms. The highest BCUT2D eigenvalue weighted by molar-refractivity contribution is 7.98. The summed E-state index contributed by atoms with van der Waals surface area (Å²) in [5.41, 5.74) is 2.30. The normalized spacial score (nSPS) is 10.7. The van der Waals surface area contributed by atoms with Gasteiger partial charge < -0.3 is 9.15 Å². The lowest BCUT2D eigenvalue weighted by Crippen LogP contribution is -1.95. The second-order valence-electron chi connectivity index (χ2n) is 4.98. The molecule has 0 radical (unpaired) electrons. The van der Waals surface area contributed by atoms with Crippen LogP contribution in [0.3, 0.4) is 0 Å². The average Bonchev–Trinajstić information content (AvgIpc) is 3.00. The first-order chi connectivity index (χ1) is 11.2. The molecule has 0 bridgehead atoms. The first kappa shape index (κ1) is 15.9. The second-order valence-corrected chi connectivity index (χ2v) is 6.35. The monoisotopic (exact) mass is 346 g/mol. The fourth-order valence-electron chi connectivity index (χ4n) is 1.91. The maximum Gasteiger partial charge on any atom is 0.277 e. The van der Waals surface area contributed by atoms with Crippen LogP contribution in [0.25, 0.3) is 0 Å². The minimum atomic E-state index is 0.258. The number of aromatic nitrogens is 2. The highest BCUT2D eigenvalue weighted by Crippen LogP contribution is 2.23. The van der Waals surface area contributed by atoms with E-state index in [0.717, 1.165) is 22.1 Å². The predicted octanol–water partition coefficient (Wildman–Crippen LogP) is 4.90. The van der Waals surface area contributed by atoms with E-state index in [0.29, 0.717) is 11.1 Å². The Labute approximate surface area is 143 Å². The topological polar surface area (TPSA) is 48.2 Å². The molecule has 0 aliphatic carbocycles. The molecular weight excluding hydrogens is 332 g/mol. The van der Waals surface area contributed by atoms with E-state index in [9.17, 15) is 0 Å². The van der Waals surface area contributed by atoms with Gasteiger partial charge in [-0.25, -0.2) is 0 Å². The molecule has 0 atom stereocenters. The van der Waals surface area contributed by atoms with Crippen molar-refractivity contribution in [3.05, 3.63) is 70.6 Å². The van der Waals surface area contributed by atoms with Crippen molar-refractivity contribution in [1.29, 1.82) is 0 Å². The van der Waals surface area contributed by atoms with Crippen LogP contribution >= 0.6 is 23.4 Å². The van der Waals surface area contributed by atoms with Gasteiger partial charge in [0.1, 0.15) is 5.75 Å². The Hall–Kier alpha value is -1.98. The molecule has 118 valence electrons. The lowest BCUT2D eigenvalue weighted by Gasteiger charge is -2.02. The van der Waals surface area contributed by atoms with Gasteiger partial charge in [0.15, 0.2) is 6.61 Å². The fourth-order valence-corrected chi connectivity index (χ4v) is 2.84. The molecule has 1 aromatic heterocycles. The van der Waals surface area contributed by atoms with Crippen LogP contribution in [-0.2, 0) is 12.4 Å². The van der Waals surface area contributed by atoms with E-state index in [1.54, 1.807) is 0 Å². The van der Waals surface area contributed by atoms with Crippen LogP contribution in [0.4, 0.5) is 0 Å². The van der Waals surface area contributed by atoms with Crippen LogP contribution in [0, 0.1) is 6.92 Å². The Balaban J connectivity index is 1.52. The SMILES string of the molecule is Cc1ccc(OCc2nnc(SCc3cccc(Cl)c3)o2)cc1. The summed E-state index contributed by atoms with van der Waals surface area (Å²) < 4.78 is 11.2. The van der Waals surface area contributed by atoms with E-state index in [2.05, 4.69) is 10.2 Å². The van der Waals surface area contributed by atoms with E-state index in [1.807, 2.05) is 55.5 Å². The third-order valence-corrected chi connectivity index (χ3v) is 4.21. The quantitative estimate of drug-likeness (QED) is 0.594. The largest absolute Gasteiger partial charge is 0.484 e. The number of benzene rings is 2. The number of rotatable bonds is 6. The van der Waals surface area contributed by atoms with E-state index in [4.69, 9.17) is 20.8 Å². The van der Waals surface area contributed by atoms with Gasteiger partial charge in [-0.15, -0.1) is 10.2 Å². The summed E-state index contributed by atoms with van der Waals surface area (Å²) in [7, 11) is 0. The number of hydrogen-bond donors (Lipinski definition) is 0. The Morgan fingerprint density at radius 2 is 1.96 bits per heavy atom. The maximum atomic E-state index is 5.96. The minimum absolute atomic E-state index is 0.258. The fraction of sp³-hybridized carbons (Fsp3) is 0.176. The van der Waals surface area contributed by atoms with Gasteiger partial charge in [0.05, 0.1) is 0 Å². The lowest BCUT2D eigenvalue weighted by atomic mass is 10.2. The highest BCUT2D eigenvalue weighted by Gasteiger charge is 2.08. The van der Waals surface area contributed by atoms with Crippen molar-refractivity contribution < 1.29 is 9.15 Å². The van der Waals surface area contributed by atoms with Gasteiger partial charge >= 0.3 is 0 Å². The van der Waals surface area contributed by atoms with Crippen LogP contribution in [0.2, 0.25) is 5.02 Å². The number of nitrogens with zero attached hydrogens (tertiary/aromatic N) is 2. The summed E-state index contributed by atoms with van der Waals surface area (Å²) in [4.78, 5) is 0. The molecule has 0 saturated heterocycles. The van der Waals surface area contributed by atoms with Gasteiger partial charge in [-0.3, -0.25) is 0 Å². The zero-order valence-corrected chi connectivity index (χ0v) is 14.1. The van der Waals surface area contributed by atoms with Gasteiger partial charge in [0.2, 0.25) is 0 Å². The van der Waals surface area contributed by atoms with E-state index < -0.39 is 0 Å². The third-order valence-electron chi connectivity index (χ3n) is 3.08. The average molecular weight is 347 g/mol. The Morgan fingerprint density at radius 1 is 1.13 bits per heavy atom. The summed E-state index contributed by atoms with van der Waals surface area (Å²) in [5, 5.41) is 9.25. The molecule has 3 rings (SSSR count). The van der Waals surface area contributed by atoms with Crippen molar-refractivity contribution in [3.8, 4) is 5.75 Å². The lowest BCUT2D eigenvalue weighted by molar-refractivity contribution is 0.252. The summed E-state index contributed by atoms with van der Waals surface area (Å²) >= 11 is 7.43. The zero-order valence-electron chi connectivity index (χ0n) is 12.5.